The quantitative estimate of drug-likeness (QED) is 0.717. The number of nitrogens with one attached hydrogen (secondary N) is 2. The van der Waals surface area contributed by atoms with Gasteiger partial charge in [-0.25, -0.2) is 0 Å². The Morgan fingerprint density at radius 3 is 2.85 bits per heavy atom. The third kappa shape index (κ3) is 3.13. The fourth-order valence-electron chi connectivity index (χ4n) is 3.56. The molecule has 0 saturated heterocycles. The number of carbonyl (C=O) groups is 1. The molecule has 0 aliphatic carbocycles. The van der Waals surface area contributed by atoms with Crippen LogP contribution in [0.5, 0.6) is 0 Å². The molecule has 0 spiro atoms. The van der Waals surface area contributed by atoms with Crippen LogP contribution in [0.15, 0.2) is 35.3 Å². The minimum atomic E-state index is -0.254. The molecule has 1 aliphatic rings. The lowest BCUT2D eigenvalue weighted by atomic mass is 10.1. The van der Waals surface area contributed by atoms with E-state index in [1.165, 1.54) is 10.7 Å². The summed E-state index contributed by atoms with van der Waals surface area (Å²) in [5.74, 6) is -0.254. The van der Waals surface area contributed by atoms with Crippen LogP contribution < -0.4 is 16.2 Å². The molecule has 4 rings (SSSR count). The number of rotatable bonds is 4. The Morgan fingerprint density at radius 2 is 2.11 bits per heavy atom. The van der Waals surface area contributed by atoms with Crippen molar-refractivity contribution >= 4 is 23.2 Å². The third-order valence-corrected chi connectivity index (χ3v) is 5.14. The zero-order valence-electron chi connectivity index (χ0n) is 15.0. The van der Waals surface area contributed by atoms with E-state index in [-0.39, 0.29) is 11.5 Å². The molecule has 27 heavy (non-hydrogen) atoms. The Bertz CT molecular complexity index is 1070. The van der Waals surface area contributed by atoms with Gasteiger partial charge in [-0.2, -0.15) is 9.61 Å². The van der Waals surface area contributed by atoms with Crippen LogP contribution >= 0.6 is 11.6 Å². The number of hydrogen-bond acceptors (Lipinski definition) is 4. The molecule has 0 bridgehead atoms. The maximum atomic E-state index is 12.8. The van der Waals surface area contributed by atoms with Gasteiger partial charge in [0.2, 0.25) is 0 Å². The lowest BCUT2D eigenvalue weighted by Crippen LogP contribution is -2.36. The highest BCUT2D eigenvalue weighted by atomic mass is 35.5. The Kier molecular flexibility index (Phi) is 4.72. The Morgan fingerprint density at radius 1 is 1.33 bits per heavy atom. The van der Waals surface area contributed by atoms with Crippen molar-refractivity contribution in [2.24, 2.45) is 0 Å². The predicted octanol–water partition coefficient (Wildman–Crippen LogP) is 1.74. The van der Waals surface area contributed by atoms with E-state index in [0.717, 1.165) is 29.8 Å². The zero-order valence-corrected chi connectivity index (χ0v) is 15.7. The van der Waals surface area contributed by atoms with Gasteiger partial charge in [-0.3, -0.25) is 9.59 Å². The lowest BCUT2D eigenvalue weighted by Gasteiger charge is -2.22. The zero-order chi connectivity index (χ0) is 19.0. The third-order valence-electron chi connectivity index (χ3n) is 4.89. The van der Waals surface area contributed by atoms with Crippen LogP contribution in [-0.4, -0.2) is 26.6 Å². The van der Waals surface area contributed by atoms with Gasteiger partial charge in [-0.1, -0.05) is 23.7 Å². The summed E-state index contributed by atoms with van der Waals surface area (Å²) >= 11 is 5.89. The monoisotopic (exact) mass is 385 g/mol. The molecule has 3 aromatic rings. The van der Waals surface area contributed by atoms with Crippen LogP contribution in [0.1, 0.15) is 34.1 Å². The molecule has 0 radical (unpaired) electrons. The number of carbonyl (C=O) groups excluding carboxylic acids is 1. The van der Waals surface area contributed by atoms with Gasteiger partial charge in [0.25, 0.3) is 11.5 Å². The number of aryl methyl sites for hydroxylation is 1. The highest BCUT2D eigenvalue weighted by molar-refractivity contribution is 6.30. The van der Waals surface area contributed by atoms with Crippen molar-refractivity contribution in [3.8, 4) is 0 Å². The molecule has 140 valence electrons. The molecule has 8 heteroatoms. The number of hydrogen-bond donors (Lipinski definition) is 2. The van der Waals surface area contributed by atoms with E-state index in [0.29, 0.717) is 35.9 Å². The standard InChI is InChI=1S/C19H20ClN5O2/c1-2-24-16-7-8-21-10-14(16)19(27)25-18(24)15(11-23-25)17(26)22-9-12-3-5-13(20)6-4-12/h3-6,11,21H,2,7-10H2,1H3,(H,22,26). The SMILES string of the molecule is CCn1c2c(c(=O)n3ncc(C(=O)NCc4ccc(Cl)cc4)c13)CNCC2. The van der Waals surface area contributed by atoms with Crippen molar-refractivity contribution in [3.05, 3.63) is 68.2 Å². The molecule has 1 amide bonds. The van der Waals surface area contributed by atoms with Crippen molar-refractivity contribution in [1.29, 1.82) is 0 Å². The molecule has 0 atom stereocenters. The molecule has 7 nitrogen and oxygen atoms in total. The number of fused-ring (bicyclic) bond motifs is 2. The molecule has 3 heterocycles. The first-order valence-corrected chi connectivity index (χ1v) is 9.33. The molecule has 0 fully saturated rings. The van der Waals surface area contributed by atoms with Crippen molar-refractivity contribution in [3.63, 3.8) is 0 Å². The number of nitrogens with zero attached hydrogens (tertiary/aromatic N) is 3. The summed E-state index contributed by atoms with van der Waals surface area (Å²) in [7, 11) is 0. The van der Waals surface area contributed by atoms with E-state index in [1.54, 1.807) is 12.1 Å². The Labute approximate surface area is 160 Å². The van der Waals surface area contributed by atoms with Crippen LogP contribution in [-0.2, 0) is 26.1 Å². The summed E-state index contributed by atoms with van der Waals surface area (Å²) in [5, 5.41) is 11.0. The average Bonchev–Trinajstić information content (AvgIpc) is 3.13. The first-order valence-electron chi connectivity index (χ1n) is 8.95. The fraction of sp³-hybridized carbons (Fsp3) is 0.316. The molecule has 1 aliphatic heterocycles. The Balaban J connectivity index is 1.71. The summed E-state index contributed by atoms with van der Waals surface area (Å²) < 4.78 is 3.37. The maximum absolute atomic E-state index is 12.8. The summed E-state index contributed by atoms with van der Waals surface area (Å²) in [6, 6.07) is 7.30. The van der Waals surface area contributed by atoms with E-state index in [4.69, 9.17) is 11.6 Å². The second-order valence-corrected chi connectivity index (χ2v) is 6.94. The second kappa shape index (κ2) is 7.17. The molecular weight excluding hydrogens is 366 g/mol. The van der Waals surface area contributed by atoms with Gasteiger partial charge >= 0.3 is 0 Å². The minimum absolute atomic E-state index is 0.159. The first kappa shape index (κ1) is 17.8. The molecule has 0 unspecified atom stereocenters. The number of amides is 1. The molecule has 2 aromatic heterocycles. The van der Waals surface area contributed by atoms with E-state index in [2.05, 4.69) is 15.7 Å². The van der Waals surface area contributed by atoms with Crippen LogP contribution in [0.25, 0.3) is 5.65 Å². The van der Waals surface area contributed by atoms with E-state index in [9.17, 15) is 9.59 Å². The van der Waals surface area contributed by atoms with Crippen molar-refractivity contribution < 1.29 is 4.79 Å². The van der Waals surface area contributed by atoms with Crippen LogP contribution in [0.4, 0.5) is 0 Å². The van der Waals surface area contributed by atoms with Crippen molar-refractivity contribution in [2.45, 2.75) is 33.0 Å². The second-order valence-electron chi connectivity index (χ2n) is 6.50. The number of halogens is 1. The topological polar surface area (TPSA) is 80.4 Å². The van der Waals surface area contributed by atoms with Gasteiger partial charge in [0, 0.05) is 43.3 Å². The average molecular weight is 386 g/mol. The van der Waals surface area contributed by atoms with Crippen molar-refractivity contribution in [2.75, 3.05) is 6.54 Å². The molecular formula is C19H20ClN5O2. The van der Waals surface area contributed by atoms with Crippen LogP contribution in [0.3, 0.4) is 0 Å². The Hall–Kier alpha value is -2.64. The molecule has 0 saturated carbocycles. The van der Waals surface area contributed by atoms with Crippen LogP contribution in [0, 0.1) is 0 Å². The van der Waals surface area contributed by atoms with Gasteiger partial charge in [0.05, 0.1) is 11.8 Å². The van der Waals surface area contributed by atoms with Gasteiger partial charge in [0.15, 0.2) is 5.65 Å². The lowest BCUT2D eigenvalue weighted by molar-refractivity contribution is 0.0952. The highest BCUT2D eigenvalue weighted by Crippen LogP contribution is 2.18. The summed E-state index contributed by atoms with van der Waals surface area (Å²) in [6.45, 7) is 4.39. The number of benzene rings is 1. The highest BCUT2D eigenvalue weighted by Gasteiger charge is 2.24. The molecule has 1 aromatic carbocycles. The van der Waals surface area contributed by atoms with Gasteiger partial charge in [-0.15, -0.1) is 0 Å². The fourth-order valence-corrected chi connectivity index (χ4v) is 3.68. The van der Waals surface area contributed by atoms with E-state index >= 15 is 0 Å². The van der Waals surface area contributed by atoms with Crippen molar-refractivity contribution in [1.82, 2.24) is 24.8 Å². The normalized spacial score (nSPS) is 13.6. The van der Waals surface area contributed by atoms with E-state index < -0.39 is 0 Å². The summed E-state index contributed by atoms with van der Waals surface area (Å²) in [6.07, 6.45) is 2.23. The van der Waals surface area contributed by atoms with Crippen LogP contribution in [0.2, 0.25) is 5.02 Å². The summed E-state index contributed by atoms with van der Waals surface area (Å²) in [4.78, 5) is 25.6. The van der Waals surface area contributed by atoms with E-state index in [1.807, 2.05) is 23.6 Å². The number of aromatic nitrogens is 3. The smallest absolute Gasteiger partial charge is 0.279 e. The predicted molar refractivity (Wildman–Crippen MR) is 103 cm³/mol. The largest absolute Gasteiger partial charge is 0.348 e. The van der Waals surface area contributed by atoms with Gasteiger partial charge in [0.1, 0.15) is 5.56 Å². The first-order chi connectivity index (χ1) is 13.1. The maximum Gasteiger partial charge on any atom is 0.279 e. The summed E-state index contributed by atoms with van der Waals surface area (Å²) in [5.41, 5.74) is 3.46. The van der Waals surface area contributed by atoms with Gasteiger partial charge in [-0.05, 0) is 24.6 Å². The van der Waals surface area contributed by atoms with Gasteiger partial charge < -0.3 is 15.2 Å². The molecule has 2 N–H and O–H groups in total. The minimum Gasteiger partial charge on any atom is -0.348 e.